The van der Waals surface area contributed by atoms with Gasteiger partial charge in [0.05, 0.1) is 20.9 Å². The highest BCUT2D eigenvalue weighted by Gasteiger charge is 2.14. The van der Waals surface area contributed by atoms with Crippen molar-refractivity contribution in [2.24, 2.45) is 0 Å². The molecule has 1 heterocycles. The summed E-state index contributed by atoms with van der Waals surface area (Å²) in [5.74, 6) is 0. The van der Waals surface area contributed by atoms with Gasteiger partial charge < -0.3 is 0 Å². The Balaban J connectivity index is 1.79. The predicted molar refractivity (Wildman–Crippen MR) is 105 cm³/mol. The first-order chi connectivity index (χ1) is 11.7. The zero-order chi connectivity index (χ0) is 16.5. The Morgan fingerprint density at radius 1 is 0.792 bits per heavy atom. The third kappa shape index (κ3) is 2.57. The summed E-state index contributed by atoms with van der Waals surface area (Å²) >= 11 is 0. The van der Waals surface area contributed by atoms with E-state index in [1.807, 2.05) is 6.07 Å². The van der Waals surface area contributed by atoms with Crippen molar-refractivity contribution in [1.29, 1.82) is 0 Å². The average Bonchev–Trinajstić information content (AvgIpc) is 2.91. The summed E-state index contributed by atoms with van der Waals surface area (Å²) in [6.45, 7) is 4.33. The zero-order valence-corrected chi connectivity index (χ0v) is 15.4. The maximum absolute atomic E-state index is 4.81. The van der Waals surface area contributed by atoms with Gasteiger partial charge in [-0.1, -0.05) is 65.9 Å². The summed E-state index contributed by atoms with van der Waals surface area (Å²) < 4.78 is 2.09. The topological polar surface area (TPSA) is 17.8 Å². The smallest absolute Gasteiger partial charge is 0.0931 e. The molecule has 0 aliphatic carbocycles. The summed E-state index contributed by atoms with van der Waals surface area (Å²) in [6, 6.07) is 25.7. The molecule has 3 heteroatoms. The second kappa shape index (κ2) is 6.10. The monoisotopic (exact) mass is 328 g/mol. The van der Waals surface area contributed by atoms with E-state index in [9.17, 15) is 0 Å². The molecule has 0 bridgehead atoms. The van der Waals surface area contributed by atoms with Gasteiger partial charge in [0, 0.05) is 5.69 Å². The molecule has 1 aromatic heterocycles. The molecule has 24 heavy (non-hydrogen) atoms. The van der Waals surface area contributed by atoms with Crippen LogP contribution in [0.15, 0.2) is 72.8 Å². The van der Waals surface area contributed by atoms with Gasteiger partial charge in [-0.3, -0.25) is 0 Å². The fourth-order valence-electron chi connectivity index (χ4n) is 3.39. The van der Waals surface area contributed by atoms with E-state index in [0.717, 1.165) is 11.4 Å². The van der Waals surface area contributed by atoms with Crippen molar-refractivity contribution in [3.63, 3.8) is 0 Å². The van der Waals surface area contributed by atoms with Crippen molar-refractivity contribution < 1.29 is 0 Å². The lowest BCUT2D eigenvalue weighted by molar-refractivity contribution is 0.834. The Morgan fingerprint density at radius 3 is 2.33 bits per heavy atom. The Morgan fingerprint density at radius 2 is 1.50 bits per heavy atom. The number of nitrogens with zero attached hydrogens (tertiary/aromatic N) is 2. The molecule has 2 nitrogen and oxygen atoms in total. The van der Waals surface area contributed by atoms with E-state index < -0.39 is 9.52 Å². The van der Waals surface area contributed by atoms with E-state index in [0.29, 0.717) is 0 Å². The molecule has 0 amide bonds. The Hall–Kier alpha value is -2.65. The van der Waals surface area contributed by atoms with Crippen molar-refractivity contribution in [2.45, 2.75) is 13.8 Å². The molecular weight excluding hydrogens is 308 g/mol. The number of aryl methyl sites for hydroxylation is 1. The zero-order valence-electron chi connectivity index (χ0n) is 14.0. The fourth-order valence-corrected chi connectivity index (χ4v) is 5.27. The molecule has 118 valence electrons. The highest BCUT2D eigenvalue weighted by molar-refractivity contribution is 6.70. The quantitative estimate of drug-likeness (QED) is 0.529. The Labute approximate surface area is 144 Å². The summed E-state index contributed by atoms with van der Waals surface area (Å²) in [6.07, 6.45) is 0. The first kappa shape index (κ1) is 14.9. The van der Waals surface area contributed by atoms with Crippen LogP contribution in [0.2, 0.25) is 0 Å². The first-order valence-corrected chi connectivity index (χ1v) is 9.72. The minimum Gasteiger partial charge on any atom is -0.238 e. The molecule has 0 saturated carbocycles. The number of rotatable bonds is 3. The lowest BCUT2D eigenvalue weighted by atomic mass is 10.1. The standard InChI is InChI=1S/C21H20N2Si/c1-15-21(16(2)23(22-15)18-11-4-3-5-12-18)24-20-14-8-10-17-9-6-7-13-19(17)20/h3-14H,24H2,1-2H3. The van der Waals surface area contributed by atoms with Gasteiger partial charge in [-0.2, -0.15) is 5.10 Å². The molecule has 0 spiro atoms. The van der Waals surface area contributed by atoms with Gasteiger partial charge in [0.15, 0.2) is 0 Å². The predicted octanol–water partition coefficient (Wildman–Crippen LogP) is 2.76. The lowest BCUT2D eigenvalue weighted by Gasteiger charge is -2.08. The molecule has 0 aliphatic heterocycles. The van der Waals surface area contributed by atoms with Crippen molar-refractivity contribution in [3.8, 4) is 5.69 Å². The van der Waals surface area contributed by atoms with Crippen LogP contribution in [0.1, 0.15) is 11.4 Å². The molecular formula is C21H20N2Si. The highest BCUT2D eigenvalue weighted by atomic mass is 28.2. The summed E-state index contributed by atoms with van der Waals surface area (Å²) in [7, 11) is -0.581. The van der Waals surface area contributed by atoms with Gasteiger partial charge in [0.2, 0.25) is 0 Å². The Bertz CT molecular complexity index is 998. The van der Waals surface area contributed by atoms with Gasteiger partial charge in [-0.25, -0.2) is 4.68 Å². The maximum Gasteiger partial charge on any atom is 0.0931 e. The van der Waals surface area contributed by atoms with Crippen molar-refractivity contribution >= 4 is 30.7 Å². The van der Waals surface area contributed by atoms with E-state index in [4.69, 9.17) is 5.10 Å². The van der Waals surface area contributed by atoms with Crippen LogP contribution in [0, 0.1) is 13.8 Å². The SMILES string of the molecule is Cc1nn(-c2ccccc2)c(C)c1[SiH2]c1cccc2ccccc12. The van der Waals surface area contributed by atoms with Crippen molar-refractivity contribution in [2.75, 3.05) is 0 Å². The summed E-state index contributed by atoms with van der Waals surface area (Å²) in [5, 5.41) is 10.5. The largest absolute Gasteiger partial charge is 0.238 e. The van der Waals surface area contributed by atoms with Gasteiger partial charge >= 0.3 is 0 Å². The molecule has 0 radical (unpaired) electrons. The average molecular weight is 328 g/mol. The van der Waals surface area contributed by atoms with E-state index in [1.54, 1.807) is 0 Å². The molecule has 0 N–H and O–H groups in total. The van der Waals surface area contributed by atoms with Crippen LogP contribution in [0.4, 0.5) is 0 Å². The van der Waals surface area contributed by atoms with E-state index in [1.165, 1.54) is 26.8 Å². The van der Waals surface area contributed by atoms with Gasteiger partial charge in [0.1, 0.15) is 0 Å². The normalized spacial score (nSPS) is 11.6. The maximum atomic E-state index is 4.81. The van der Waals surface area contributed by atoms with E-state index >= 15 is 0 Å². The van der Waals surface area contributed by atoms with Crippen LogP contribution in [0.25, 0.3) is 16.5 Å². The number of benzene rings is 3. The number of hydrogen-bond acceptors (Lipinski definition) is 1. The highest BCUT2D eigenvalue weighted by Crippen LogP contribution is 2.12. The number of aromatic nitrogens is 2. The Kier molecular flexibility index (Phi) is 3.79. The number of hydrogen-bond donors (Lipinski definition) is 0. The van der Waals surface area contributed by atoms with Crippen molar-refractivity contribution in [3.05, 3.63) is 84.2 Å². The molecule has 4 rings (SSSR count). The lowest BCUT2D eigenvalue weighted by Crippen LogP contribution is -2.30. The molecule has 4 aromatic rings. The van der Waals surface area contributed by atoms with Crippen LogP contribution < -0.4 is 10.4 Å². The van der Waals surface area contributed by atoms with E-state index in [-0.39, 0.29) is 0 Å². The molecule has 0 aliphatic rings. The third-order valence-corrected chi connectivity index (χ3v) is 7.06. The van der Waals surface area contributed by atoms with Crippen LogP contribution in [-0.2, 0) is 0 Å². The summed E-state index contributed by atoms with van der Waals surface area (Å²) in [5.41, 5.74) is 3.57. The van der Waals surface area contributed by atoms with Gasteiger partial charge in [-0.15, -0.1) is 0 Å². The van der Waals surface area contributed by atoms with Crippen LogP contribution in [0.5, 0.6) is 0 Å². The molecule has 0 unspecified atom stereocenters. The second-order valence-electron chi connectivity index (χ2n) is 6.21. The minimum atomic E-state index is -0.581. The fraction of sp³-hybridized carbons (Fsp3) is 0.0952. The van der Waals surface area contributed by atoms with Gasteiger partial charge in [0.25, 0.3) is 0 Å². The summed E-state index contributed by atoms with van der Waals surface area (Å²) in [4.78, 5) is 0. The van der Waals surface area contributed by atoms with Crippen LogP contribution in [-0.4, -0.2) is 19.3 Å². The number of fused-ring (bicyclic) bond motifs is 1. The minimum absolute atomic E-state index is 0.581. The van der Waals surface area contributed by atoms with Crippen molar-refractivity contribution in [1.82, 2.24) is 9.78 Å². The van der Waals surface area contributed by atoms with Crippen LogP contribution >= 0.6 is 0 Å². The molecule has 0 atom stereocenters. The van der Waals surface area contributed by atoms with Crippen LogP contribution in [0.3, 0.4) is 0 Å². The third-order valence-electron chi connectivity index (χ3n) is 4.69. The molecule has 0 fully saturated rings. The second-order valence-corrected chi connectivity index (χ2v) is 8.03. The molecule has 3 aromatic carbocycles. The number of para-hydroxylation sites is 1. The first-order valence-electron chi connectivity index (χ1n) is 8.31. The van der Waals surface area contributed by atoms with E-state index in [2.05, 4.69) is 85.3 Å². The van der Waals surface area contributed by atoms with Gasteiger partial charge in [-0.05, 0) is 41.9 Å². The molecule has 0 saturated heterocycles.